The lowest BCUT2D eigenvalue weighted by molar-refractivity contribution is 0.590. The first-order valence-electron chi connectivity index (χ1n) is 21.9. The van der Waals surface area contributed by atoms with Crippen LogP contribution >= 0.6 is 11.3 Å². The van der Waals surface area contributed by atoms with Gasteiger partial charge in [-0.15, -0.1) is 11.3 Å². The predicted molar refractivity (Wildman–Crippen MR) is 261 cm³/mol. The molecule has 0 amide bonds. The van der Waals surface area contributed by atoms with Crippen molar-refractivity contribution >= 4 is 82.5 Å². The first-order chi connectivity index (χ1) is 29.5. The molecule has 1 aliphatic carbocycles. The Labute approximate surface area is 360 Å². The van der Waals surface area contributed by atoms with Gasteiger partial charge in [-0.2, -0.15) is 0 Å². The molecule has 2 aromatic heterocycles. The Bertz CT molecular complexity index is 3600. The largest absolute Gasteiger partial charge is 0.376 e. The summed E-state index contributed by atoms with van der Waals surface area (Å²) in [6.45, 7) is 14.1. The summed E-state index contributed by atoms with van der Waals surface area (Å²) >= 11 is 1.94. The van der Waals surface area contributed by atoms with Gasteiger partial charge in [-0.05, 0) is 108 Å². The molecular weight excluding hydrogens is 756 g/mol. The molecule has 0 saturated carbocycles. The first kappa shape index (κ1) is 34.4. The van der Waals surface area contributed by atoms with E-state index in [0.29, 0.717) is 0 Å². The van der Waals surface area contributed by atoms with Crippen molar-refractivity contribution in [3.8, 4) is 27.9 Å². The van der Waals surface area contributed by atoms with E-state index >= 15 is 0 Å². The molecule has 10 aromatic rings. The second kappa shape index (κ2) is 11.1. The lowest BCUT2D eigenvalue weighted by Gasteiger charge is -2.51. The van der Waals surface area contributed by atoms with Crippen LogP contribution < -0.4 is 15.7 Å². The van der Waals surface area contributed by atoms with Gasteiger partial charge in [0.1, 0.15) is 0 Å². The van der Waals surface area contributed by atoms with E-state index in [4.69, 9.17) is 0 Å². The smallest absolute Gasteiger partial charge is 0.333 e. The fourth-order valence-electron chi connectivity index (χ4n) is 12.2. The highest BCUT2D eigenvalue weighted by molar-refractivity contribution is 7.26. The molecule has 0 bridgehead atoms. The molecule has 290 valence electrons. The number of benzene rings is 8. The van der Waals surface area contributed by atoms with Crippen molar-refractivity contribution in [1.29, 1.82) is 0 Å². The third-order valence-corrected chi connectivity index (χ3v) is 16.0. The van der Waals surface area contributed by atoms with Gasteiger partial charge in [-0.3, -0.25) is 0 Å². The number of para-hydroxylation sites is 2. The number of hydrogen-bond donors (Lipinski definition) is 0. The Balaban J connectivity index is 1.22. The maximum Gasteiger partial charge on any atom is 0.333 e. The van der Waals surface area contributed by atoms with Crippen LogP contribution in [0.15, 0.2) is 152 Å². The second-order valence-corrected chi connectivity index (χ2v) is 21.1. The number of anilines is 2. The van der Waals surface area contributed by atoms with E-state index in [1.165, 1.54) is 126 Å². The minimum atomic E-state index is -0.469. The molecule has 61 heavy (non-hydrogen) atoms. The zero-order chi connectivity index (χ0) is 40.9. The molecule has 4 aliphatic rings. The summed E-state index contributed by atoms with van der Waals surface area (Å²) in [5, 5.41) is 5.40. The fourth-order valence-corrected chi connectivity index (χ4v) is 13.4. The van der Waals surface area contributed by atoms with E-state index in [9.17, 15) is 0 Å². The van der Waals surface area contributed by atoms with Crippen LogP contribution in [0.4, 0.5) is 11.4 Å². The van der Waals surface area contributed by atoms with E-state index in [2.05, 4.69) is 203 Å². The first-order valence-corrected chi connectivity index (χ1v) is 22.7. The monoisotopic (exact) mass is 798 g/mol. The number of aromatic nitrogens is 1. The van der Waals surface area contributed by atoms with Gasteiger partial charge in [0.15, 0.2) is 0 Å². The molecule has 3 aliphatic heterocycles. The molecule has 0 atom stereocenters. The van der Waals surface area contributed by atoms with Crippen LogP contribution in [-0.2, 0) is 16.2 Å². The molecule has 2 nitrogen and oxygen atoms in total. The molecule has 0 unspecified atom stereocenters. The molecule has 14 rings (SSSR count). The van der Waals surface area contributed by atoms with E-state index in [0.717, 1.165) is 0 Å². The van der Waals surface area contributed by atoms with Gasteiger partial charge in [0.05, 0.1) is 22.1 Å². The van der Waals surface area contributed by atoms with Crippen molar-refractivity contribution in [2.24, 2.45) is 0 Å². The lowest BCUT2D eigenvalue weighted by Crippen LogP contribution is -2.62. The van der Waals surface area contributed by atoms with Crippen molar-refractivity contribution in [3.05, 3.63) is 185 Å². The average Bonchev–Trinajstić information content (AvgIpc) is 3.90. The molecule has 0 N–H and O–H groups in total. The van der Waals surface area contributed by atoms with E-state index in [1.54, 1.807) is 0 Å². The van der Waals surface area contributed by atoms with Gasteiger partial charge in [0.2, 0.25) is 0 Å². The number of fused-ring (bicyclic) bond motifs is 20. The summed E-state index contributed by atoms with van der Waals surface area (Å²) in [6.07, 6.45) is 0. The standard InChI is InChI=1S/C57H43BN2S/c1-55(2,3)32-26-27-46-38(28-32)40-29-33(56(4,5)6)30-45-53(40)59(46)54-50-37-18-9-14-25-48(37)61-49(50)31-39-36-19-15-23-44-52(36)60(58(45)51(39)54)47-24-13-12-22-43(47)57(44)41-20-10-7-16-34(41)35-17-8-11-21-42(35)57/h7-31H,1-6H3. The zero-order valence-corrected chi connectivity index (χ0v) is 36.1. The van der Waals surface area contributed by atoms with E-state index in [1.807, 2.05) is 11.3 Å². The second-order valence-electron chi connectivity index (χ2n) is 20.0. The molecule has 8 aromatic carbocycles. The zero-order valence-electron chi connectivity index (χ0n) is 35.3. The van der Waals surface area contributed by atoms with Crippen molar-refractivity contribution < 1.29 is 0 Å². The van der Waals surface area contributed by atoms with Crippen LogP contribution in [0, 0.1) is 0 Å². The van der Waals surface area contributed by atoms with E-state index < -0.39 is 5.41 Å². The molecule has 4 heteroatoms. The SMILES string of the molecule is CC(C)(C)c1ccc2c(c1)c1cc(C(C)(C)C)cc3c1n2-c1c2c(cc4sc5ccccc5c14)-c1cccc4c1N(B23)c1ccccc1C41c2ccccc2-c2ccccc21. The highest BCUT2D eigenvalue weighted by atomic mass is 32.1. The van der Waals surface area contributed by atoms with Crippen LogP contribution in [0.5, 0.6) is 0 Å². The Morgan fingerprint density at radius 1 is 0.492 bits per heavy atom. The topological polar surface area (TPSA) is 8.17 Å². The lowest BCUT2D eigenvalue weighted by atomic mass is 9.42. The third-order valence-electron chi connectivity index (χ3n) is 14.8. The maximum atomic E-state index is 2.80. The average molecular weight is 799 g/mol. The van der Waals surface area contributed by atoms with Crippen LogP contribution in [0.25, 0.3) is 69.9 Å². The summed E-state index contributed by atoms with van der Waals surface area (Å²) < 4.78 is 5.38. The van der Waals surface area contributed by atoms with Crippen molar-refractivity contribution in [3.63, 3.8) is 0 Å². The predicted octanol–water partition coefficient (Wildman–Crippen LogP) is 13.7. The molecule has 0 radical (unpaired) electrons. The summed E-state index contributed by atoms with van der Waals surface area (Å²) in [5.74, 6) is 0. The Morgan fingerprint density at radius 3 is 1.89 bits per heavy atom. The van der Waals surface area contributed by atoms with E-state index in [-0.39, 0.29) is 17.7 Å². The molecule has 1 spiro atoms. The molecular formula is C57H43BN2S. The normalized spacial score (nSPS) is 15.1. The Hall–Kier alpha value is -6.36. The summed E-state index contributed by atoms with van der Waals surface area (Å²) in [4.78, 5) is 2.80. The third kappa shape index (κ3) is 4.02. The van der Waals surface area contributed by atoms with Gasteiger partial charge in [-0.1, -0.05) is 157 Å². The van der Waals surface area contributed by atoms with Crippen LogP contribution in [-0.4, -0.2) is 11.4 Å². The minimum Gasteiger partial charge on any atom is -0.376 e. The quantitative estimate of drug-likeness (QED) is 0.139. The van der Waals surface area contributed by atoms with Crippen molar-refractivity contribution in [1.82, 2.24) is 4.57 Å². The summed E-state index contributed by atoms with van der Waals surface area (Å²) in [6, 6.07) is 59.2. The summed E-state index contributed by atoms with van der Waals surface area (Å²) in [7, 11) is 0. The molecule has 0 fully saturated rings. The van der Waals surface area contributed by atoms with Crippen molar-refractivity contribution in [2.45, 2.75) is 57.8 Å². The van der Waals surface area contributed by atoms with Gasteiger partial charge in [-0.25, -0.2) is 0 Å². The van der Waals surface area contributed by atoms with Gasteiger partial charge >= 0.3 is 6.85 Å². The number of thiophene rings is 1. The highest BCUT2D eigenvalue weighted by Crippen LogP contribution is 2.65. The number of hydrogen-bond acceptors (Lipinski definition) is 2. The van der Waals surface area contributed by atoms with Gasteiger partial charge in [0.25, 0.3) is 0 Å². The molecule has 5 heterocycles. The van der Waals surface area contributed by atoms with Crippen LogP contribution in [0.3, 0.4) is 0 Å². The minimum absolute atomic E-state index is 0.0175. The maximum absolute atomic E-state index is 2.80. The highest BCUT2D eigenvalue weighted by Gasteiger charge is 2.56. The van der Waals surface area contributed by atoms with Crippen LogP contribution in [0.1, 0.15) is 74.9 Å². The Morgan fingerprint density at radius 2 is 1.13 bits per heavy atom. The molecule has 0 saturated heterocycles. The fraction of sp³-hybridized carbons (Fsp3) is 0.158. The summed E-state index contributed by atoms with van der Waals surface area (Å²) in [5.41, 5.74) is 22.5. The number of rotatable bonds is 0. The van der Waals surface area contributed by atoms with Gasteiger partial charge < -0.3 is 9.38 Å². The van der Waals surface area contributed by atoms with Gasteiger partial charge in [0, 0.05) is 47.9 Å². The van der Waals surface area contributed by atoms with Crippen molar-refractivity contribution in [2.75, 3.05) is 4.81 Å². The van der Waals surface area contributed by atoms with Crippen LogP contribution in [0.2, 0.25) is 0 Å². The number of nitrogens with zero attached hydrogens (tertiary/aromatic N) is 2. The Kier molecular flexibility index (Phi) is 6.26.